The van der Waals surface area contributed by atoms with E-state index in [0.717, 1.165) is 20.9 Å². The van der Waals surface area contributed by atoms with Gasteiger partial charge in [-0.15, -0.1) is 10.2 Å². The number of nitriles is 1. The van der Waals surface area contributed by atoms with E-state index in [0.29, 0.717) is 11.3 Å². The van der Waals surface area contributed by atoms with Gasteiger partial charge < -0.3 is 5.32 Å². The number of nitrogens with one attached hydrogen (secondary N) is 1. The summed E-state index contributed by atoms with van der Waals surface area (Å²) in [7, 11) is 0. The van der Waals surface area contributed by atoms with Gasteiger partial charge in [0.2, 0.25) is 5.91 Å². The minimum absolute atomic E-state index is 0.122. The fourth-order valence-corrected chi connectivity index (χ4v) is 4.70. The summed E-state index contributed by atoms with van der Waals surface area (Å²) in [4.78, 5) is 12.2. The van der Waals surface area contributed by atoms with Gasteiger partial charge in [-0.05, 0) is 31.5 Å². The molecule has 0 spiro atoms. The van der Waals surface area contributed by atoms with Crippen molar-refractivity contribution < 1.29 is 4.79 Å². The first-order chi connectivity index (χ1) is 11.1. The van der Waals surface area contributed by atoms with Gasteiger partial charge in [-0.25, -0.2) is 0 Å². The van der Waals surface area contributed by atoms with Crippen LogP contribution in [0.5, 0.6) is 0 Å². The second-order valence-electron chi connectivity index (χ2n) is 4.62. The van der Waals surface area contributed by atoms with Crippen molar-refractivity contribution in [2.45, 2.75) is 34.2 Å². The lowest BCUT2D eigenvalue weighted by Crippen LogP contribution is -2.22. The molecule has 120 valence electrons. The highest BCUT2D eigenvalue weighted by Crippen LogP contribution is 2.31. The fraction of sp³-hybridized carbons (Fsp3) is 0.333. The van der Waals surface area contributed by atoms with Gasteiger partial charge in [-0.2, -0.15) is 5.26 Å². The van der Waals surface area contributed by atoms with Crippen LogP contribution in [0.25, 0.3) is 0 Å². The number of rotatable bonds is 7. The number of hydrogen-bond acceptors (Lipinski definition) is 7. The van der Waals surface area contributed by atoms with Gasteiger partial charge in [0.15, 0.2) is 8.68 Å². The highest BCUT2D eigenvalue weighted by atomic mass is 32.2. The Labute approximate surface area is 147 Å². The number of amides is 1. The number of aromatic nitrogens is 2. The summed E-state index contributed by atoms with van der Waals surface area (Å²) in [5.41, 5.74) is 1.14. The van der Waals surface area contributed by atoms with Gasteiger partial charge in [0.1, 0.15) is 0 Å². The summed E-state index contributed by atoms with van der Waals surface area (Å²) in [6.45, 7) is 3.95. The molecule has 2 aromatic rings. The van der Waals surface area contributed by atoms with E-state index in [1.807, 2.05) is 6.92 Å². The van der Waals surface area contributed by atoms with Crippen molar-refractivity contribution in [3.8, 4) is 6.07 Å². The molecule has 8 heteroatoms. The van der Waals surface area contributed by atoms with Crippen LogP contribution >= 0.6 is 34.9 Å². The van der Waals surface area contributed by atoms with Crippen molar-refractivity contribution in [3.63, 3.8) is 0 Å². The van der Waals surface area contributed by atoms with Gasteiger partial charge in [0, 0.05) is 11.4 Å². The Morgan fingerprint density at radius 1 is 1.43 bits per heavy atom. The van der Waals surface area contributed by atoms with Gasteiger partial charge in [-0.3, -0.25) is 4.79 Å². The Morgan fingerprint density at radius 2 is 2.22 bits per heavy atom. The second-order valence-corrected chi connectivity index (χ2v) is 8.53. The zero-order valence-electron chi connectivity index (χ0n) is 12.8. The van der Waals surface area contributed by atoms with Crippen LogP contribution in [0.1, 0.15) is 25.8 Å². The lowest BCUT2D eigenvalue weighted by Gasteiger charge is -2.10. The maximum absolute atomic E-state index is 12.2. The maximum atomic E-state index is 12.2. The predicted molar refractivity (Wildman–Crippen MR) is 96.0 cm³/mol. The van der Waals surface area contributed by atoms with Crippen LogP contribution in [0.4, 0.5) is 5.69 Å². The molecule has 1 aromatic carbocycles. The van der Waals surface area contributed by atoms with Crippen LogP contribution in [-0.4, -0.2) is 27.1 Å². The number of carbonyl (C=O) groups is 1. The molecular formula is C15H16N4OS3. The molecule has 0 fully saturated rings. The standard InChI is InChI=1S/C15H16N4OS3/c1-3-7-21-14-18-19-15(23-14)22-10(2)13(20)17-12-6-4-5-11(8-12)9-16/h4-6,8,10H,3,7H2,1-2H3,(H,17,20)/t10-/m0/s1. The van der Waals surface area contributed by atoms with Crippen LogP contribution in [0, 0.1) is 11.3 Å². The summed E-state index contributed by atoms with van der Waals surface area (Å²) in [5.74, 6) is 0.896. The number of carbonyl (C=O) groups excluding carboxylic acids is 1. The predicted octanol–water partition coefficient (Wildman–Crippen LogP) is 4.03. The molecule has 2 rings (SSSR count). The van der Waals surface area contributed by atoms with Crippen LogP contribution in [0.15, 0.2) is 32.9 Å². The molecule has 0 unspecified atom stereocenters. The Balaban J connectivity index is 1.91. The summed E-state index contributed by atoms with van der Waals surface area (Å²) in [6, 6.07) is 8.91. The molecule has 0 aliphatic rings. The zero-order chi connectivity index (χ0) is 16.7. The quantitative estimate of drug-likeness (QED) is 0.747. The first kappa shape index (κ1) is 17.8. The summed E-state index contributed by atoms with van der Waals surface area (Å²) >= 11 is 4.59. The molecule has 0 saturated carbocycles. The number of hydrogen-bond donors (Lipinski definition) is 1. The van der Waals surface area contributed by atoms with E-state index in [1.54, 1.807) is 36.0 Å². The minimum atomic E-state index is -0.294. The molecule has 0 saturated heterocycles. The highest BCUT2D eigenvalue weighted by Gasteiger charge is 2.17. The lowest BCUT2D eigenvalue weighted by molar-refractivity contribution is -0.115. The highest BCUT2D eigenvalue weighted by molar-refractivity contribution is 8.03. The Morgan fingerprint density at radius 3 is 2.96 bits per heavy atom. The SMILES string of the molecule is CCCSc1nnc(S[C@@H](C)C(=O)Nc2cccc(C#N)c2)s1. The monoisotopic (exact) mass is 364 g/mol. The van der Waals surface area contributed by atoms with E-state index < -0.39 is 0 Å². The van der Waals surface area contributed by atoms with E-state index in [-0.39, 0.29) is 11.2 Å². The van der Waals surface area contributed by atoms with Gasteiger partial charge in [0.05, 0.1) is 16.9 Å². The Kier molecular flexibility index (Phi) is 6.89. The summed E-state index contributed by atoms with van der Waals surface area (Å²) in [6.07, 6.45) is 1.09. The van der Waals surface area contributed by atoms with E-state index in [2.05, 4.69) is 28.5 Å². The normalized spacial score (nSPS) is 11.7. The molecule has 1 atom stereocenters. The molecule has 1 N–H and O–H groups in total. The molecule has 1 heterocycles. The van der Waals surface area contributed by atoms with Crippen molar-refractivity contribution in [3.05, 3.63) is 29.8 Å². The second kappa shape index (κ2) is 8.91. The van der Waals surface area contributed by atoms with Crippen molar-refractivity contribution in [2.75, 3.05) is 11.1 Å². The van der Waals surface area contributed by atoms with Crippen LogP contribution in [0.3, 0.4) is 0 Å². The number of nitrogens with zero attached hydrogens (tertiary/aromatic N) is 3. The third-order valence-electron chi connectivity index (χ3n) is 2.72. The summed E-state index contributed by atoms with van der Waals surface area (Å²) in [5, 5.41) is 19.6. The van der Waals surface area contributed by atoms with Crippen molar-refractivity contribution >= 4 is 46.5 Å². The smallest absolute Gasteiger partial charge is 0.237 e. The molecule has 0 radical (unpaired) electrons. The molecule has 1 amide bonds. The molecule has 0 bridgehead atoms. The number of thioether (sulfide) groups is 2. The topological polar surface area (TPSA) is 78.7 Å². The third kappa shape index (κ3) is 5.53. The fourth-order valence-electron chi connectivity index (χ4n) is 1.61. The maximum Gasteiger partial charge on any atom is 0.237 e. The van der Waals surface area contributed by atoms with Crippen molar-refractivity contribution in [2.24, 2.45) is 0 Å². The molecule has 0 aliphatic carbocycles. The van der Waals surface area contributed by atoms with E-state index in [1.165, 1.54) is 23.1 Å². The number of benzene rings is 1. The molecular weight excluding hydrogens is 348 g/mol. The Bertz CT molecular complexity index is 711. The van der Waals surface area contributed by atoms with Crippen molar-refractivity contribution in [1.82, 2.24) is 10.2 Å². The average molecular weight is 365 g/mol. The minimum Gasteiger partial charge on any atom is -0.325 e. The molecule has 5 nitrogen and oxygen atoms in total. The largest absolute Gasteiger partial charge is 0.325 e. The molecule has 1 aromatic heterocycles. The van der Waals surface area contributed by atoms with E-state index in [9.17, 15) is 4.79 Å². The lowest BCUT2D eigenvalue weighted by atomic mass is 10.2. The van der Waals surface area contributed by atoms with Gasteiger partial charge in [0.25, 0.3) is 0 Å². The number of anilines is 1. The first-order valence-corrected chi connectivity index (χ1v) is 9.74. The van der Waals surface area contributed by atoms with Gasteiger partial charge >= 0.3 is 0 Å². The van der Waals surface area contributed by atoms with Crippen LogP contribution < -0.4 is 5.32 Å². The molecule has 0 aliphatic heterocycles. The van der Waals surface area contributed by atoms with E-state index in [4.69, 9.17) is 5.26 Å². The average Bonchev–Trinajstić information content (AvgIpc) is 3.00. The van der Waals surface area contributed by atoms with Crippen molar-refractivity contribution in [1.29, 1.82) is 5.26 Å². The Hall–Kier alpha value is -1.56. The molecule has 23 heavy (non-hydrogen) atoms. The van der Waals surface area contributed by atoms with Crippen LogP contribution in [0.2, 0.25) is 0 Å². The van der Waals surface area contributed by atoms with Gasteiger partial charge in [-0.1, -0.05) is 47.9 Å². The summed E-state index contributed by atoms with van der Waals surface area (Å²) < 4.78 is 1.72. The van der Waals surface area contributed by atoms with Crippen LogP contribution in [-0.2, 0) is 4.79 Å². The zero-order valence-corrected chi connectivity index (χ0v) is 15.2. The van der Waals surface area contributed by atoms with E-state index >= 15 is 0 Å². The third-order valence-corrected chi connectivity index (χ3v) is 6.17. The first-order valence-electron chi connectivity index (χ1n) is 7.06.